The van der Waals surface area contributed by atoms with Crippen molar-refractivity contribution in [2.45, 2.75) is 33.4 Å². The number of halogens is 3. The van der Waals surface area contributed by atoms with Crippen LogP contribution in [-0.2, 0) is 12.6 Å². The maximum absolute atomic E-state index is 12.4. The number of anilines is 1. The van der Waals surface area contributed by atoms with E-state index >= 15 is 0 Å². The first-order valence-electron chi connectivity index (χ1n) is 6.80. The third-order valence-electron chi connectivity index (χ3n) is 2.53. The van der Waals surface area contributed by atoms with Crippen LogP contribution in [0.1, 0.15) is 42.6 Å². The fourth-order valence-corrected chi connectivity index (χ4v) is 1.51. The van der Waals surface area contributed by atoms with Crippen LogP contribution in [0.4, 0.5) is 19.0 Å². The van der Waals surface area contributed by atoms with Crippen molar-refractivity contribution in [1.82, 2.24) is 15.2 Å². The predicted octanol–water partition coefficient (Wildman–Crippen LogP) is 3.66. The van der Waals surface area contributed by atoms with Crippen molar-refractivity contribution >= 4 is 11.7 Å². The fraction of sp³-hybridized carbons (Fsp3) is 0.357. The molecule has 1 amide bonds. The Labute approximate surface area is 126 Å². The van der Waals surface area contributed by atoms with E-state index in [1.807, 2.05) is 20.8 Å². The lowest BCUT2D eigenvalue weighted by atomic mass is 10.3. The summed E-state index contributed by atoms with van der Waals surface area (Å²) in [7, 11) is 0. The average molecular weight is 314 g/mol. The van der Waals surface area contributed by atoms with E-state index in [1.54, 1.807) is 23.3 Å². The first kappa shape index (κ1) is 17.7. The van der Waals surface area contributed by atoms with Gasteiger partial charge in [0.05, 0.1) is 0 Å². The molecule has 0 bridgehead atoms. The van der Waals surface area contributed by atoms with Gasteiger partial charge in [-0.2, -0.15) is 18.3 Å². The minimum Gasteiger partial charge on any atom is -0.305 e. The van der Waals surface area contributed by atoms with E-state index in [4.69, 9.17) is 0 Å². The molecular formula is C14H17F3N4O. The second-order valence-electron chi connectivity index (χ2n) is 3.99. The number of aromatic amines is 1. The number of carbonyl (C=O) groups is 1. The Morgan fingerprint density at radius 3 is 2.55 bits per heavy atom. The van der Waals surface area contributed by atoms with Crippen LogP contribution in [0.15, 0.2) is 24.3 Å². The van der Waals surface area contributed by atoms with Gasteiger partial charge in [0, 0.05) is 11.8 Å². The number of aryl methyl sites for hydroxylation is 1. The summed E-state index contributed by atoms with van der Waals surface area (Å²) in [4.78, 5) is 15.9. The molecule has 0 atom stereocenters. The molecule has 0 aliphatic rings. The summed E-state index contributed by atoms with van der Waals surface area (Å²) >= 11 is 0. The zero-order valence-electron chi connectivity index (χ0n) is 12.5. The van der Waals surface area contributed by atoms with Crippen LogP contribution in [0.5, 0.6) is 0 Å². The molecule has 0 saturated heterocycles. The molecule has 22 heavy (non-hydrogen) atoms. The number of rotatable bonds is 3. The molecule has 8 heteroatoms. The van der Waals surface area contributed by atoms with Gasteiger partial charge in [-0.3, -0.25) is 9.89 Å². The van der Waals surface area contributed by atoms with Gasteiger partial charge in [-0.05, 0) is 18.6 Å². The molecule has 2 aromatic rings. The van der Waals surface area contributed by atoms with Crippen molar-refractivity contribution in [3.63, 3.8) is 0 Å². The monoisotopic (exact) mass is 314 g/mol. The second kappa shape index (κ2) is 7.58. The molecule has 0 fully saturated rings. The molecular weight excluding hydrogens is 297 g/mol. The quantitative estimate of drug-likeness (QED) is 0.908. The fourth-order valence-electron chi connectivity index (χ4n) is 1.51. The number of H-pyrrole nitrogens is 1. The summed E-state index contributed by atoms with van der Waals surface area (Å²) in [6.45, 7) is 5.90. The molecule has 2 aromatic heterocycles. The first-order valence-corrected chi connectivity index (χ1v) is 6.80. The summed E-state index contributed by atoms with van der Waals surface area (Å²) in [5.74, 6) is -0.483. The number of carbonyl (C=O) groups excluding carboxylic acids is 1. The van der Waals surface area contributed by atoms with E-state index in [9.17, 15) is 18.0 Å². The molecule has 2 heterocycles. The molecule has 0 spiro atoms. The minimum atomic E-state index is -4.56. The van der Waals surface area contributed by atoms with Crippen LogP contribution >= 0.6 is 0 Å². The van der Waals surface area contributed by atoms with Gasteiger partial charge >= 0.3 is 6.18 Å². The Bertz CT molecular complexity index is 623. The molecule has 0 saturated carbocycles. The number of alkyl halides is 3. The Hall–Kier alpha value is -2.38. The molecule has 2 rings (SSSR count). The zero-order valence-corrected chi connectivity index (χ0v) is 12.5. The maximum atomic E-state index is 12.4. The number of amides is 1. The number of hydrogen-bond acceptors (Lipinski definition) is 3. The van der Waals surface area contributed by atoms with Gasteiger partial charge in [0.15, 0.2) is 5.69 Å². The third-order valence-corrected chi connectivity index (χ3v) is 2.53. The molecule has 2 N–H and O–H groups in total. The molecule has 0 radical (unpaired) electrons. The highest BCUT2D eigenvalue weighted by molar-refractivity contribution is 6.02. The van der Waals surface area contributed by atoms with Gasteiger partial charge in [0.1, 0.15) is 11.5 Å². The highest BCUT2D eigenvalue weighted by Gasteiger charge is 2.33. The molecule has 0 unspecified atom stereocenters. The second-order valence-corrected chi connectivity index (χ2v) is 3.99. The maximum Gasteiger partial charge on any atom is 0.432 e. The van der Waals surface area contributed by atoms with Crippen molar-refractivity contribution in [1.29, 1.82) is 0 Å². The SMILES string of the molecule is CC.CCc1cccc(NC(=O)c2cc(C(F)(F)F)[nH]n2)n1. The summed E-state index contributed by atoms with van der Waals surface area (Å²) in [6, 6.07) is 5.69. The Morgan fingerprint density at radius 1 is 1.32 bits per heavy atom. The third kappa shape index (κ3) is 4.57. The van der Waals surface area contributed by atoms with E-state index in [2.05, 4.69) is 15.4 Å². The van der Waals surface area contributed by atoms with Crippen LogP contribution in [0.25, 0.3) is 0 Å². The van der Waals surface area contributed by atoms with Gasteiger partial charge < -0.3 is 5.32 Å². The van der Waals surface area contributed by atoms with Gasteiger partial charge in [0.25, 0.3) is 5.91 Å². The van der Waals surface area contributed by atoms with Crippen molar-refractivity contribution in [3.8, 4) is 0 Å². The lowest BCUT2D eigenvalue weighted by molar-refractivity contribution is -0.141. The van der Waals surface area contributed by atoms with E-state index < -0.39 is 17.8 Å². The highest BCUT2D eigenvalue weighted by atomic mass is 19.4. The predicted molar refractivity (Wildman–Crippen MR) is 76.5 cm³/mol. The van der Waals surface area contributed by atoms with E-state index in [0.717, 1.165) is 5.69 Å². The van der Waals surface area contributed by atoms with Gasteiger partial charge in [-0.1, -0.05) is 26.8 Å². The van der Waals surface area contributed by atoms with Gasteiger partial charge in [-0.15, -0.1) is 0 Å². The van der Waals surface area contributed by atoms with Crippen molar-refractivity contribution in [2.75, 3.05) is 5.32 Å². The van der Waals surface area contributed by atoms with Crippen LogP contribution in [0, 0.1) is 0 Å². The van der Waals surface area contributed by atoms with E-state index in [1.165, 1.54) is 0 Å². The lowest BCUT2D eigenvalue weighted by Crippen LogP contribution is -2.13. The van der Waals surface area contributed by atoms with Crippen molar-refractivity contribution < 1.29 is 18.0 Å². The molecule has 0 aromatic carbocycles. The van der Waals surface area contributed by atoms with Crippen molar-refractivity contribution in [2.24, 2.45) is 0 Å². The topological polar surface area (TPSA) is 70.7 Å². The van der Waals surface area contributed by atoms with E-state index in [0.29, 0.717) is 12.5 Å². The van der Waals surface area contributed by atoms with Crippen molar-refractivity contribution in [3.05, 3.63) is 41.3 Å². The van der Waals surface area contributed by atoms with Crippen LogP contribution in [-0.4, -0.2) is 21.1 Å². The van der Waals surface area contributed by atoms with Gasteiger partial charge in [0.2, 0.25) is 0 Å². The number of nitrogens with zero attached hydrogens (tertiary/aromatic N) is 2. The molecule has 0 aliphatic heterocycles. The number of hydrogen-bond donors (Lipinski definition) is 2. The zero-order chi connectivity index (χ0) is 16.8. The normalized spacial score (nSPS) is 10.6. The highest BCUT2D eigenvalue weighted by Crippen LogP contribution is 2.27. The number of aromatic nitrogens is 3. The summed E-state index contributed by atoms with van der Waals surface area (Å²) in [5.41, 5.74) is -0.653. The molecule has 0 aliphatic carbocycles. The Balaban J connectivity index is 0.00000116. The lowest BCUT2D eigenvalue weighted by Gasteiger charge is -2.03. The summed E-state index contributed by atoms with van der Waals surface area (Å²) in [6.07, 6.45) is -3.88. The summed E-state index contributed by atoms with van der Waals surface area (Å²) < 4.78 is 37.1. The van der Waals surface area contributed by atoms with E-state index in [-0.39, 0.29) is 11.5 Å². The Morgan fingerprint density at radius 2 is 2.00 bits per heavy atom. The van der Waals surface area contributed by atoms with Gasteiger partial charge in [-0.25, -0.2) is 4.98 Å². The number of pyridine rings is 1. The Kier molecular flexibility index (Phi) is 6.09. The van der Waals surface area contributed by atoms with Crippen LogP contribution in [0.2, 0.25) is 0 Å². The summed E-state index contributed by atoms with van der Waals surface area (Å²) in [5, 5.41) is 7.51. The molecule has 120 valence electrons. The largest absolute Gasteiger partial charge is 0.432 e. The number of nitrogens with one attached hydrogen (secondary N) is 2. The van der Waals surface area contributed by atoms with Crippen LogP contribution < -0.4 is 5.32 Å². The average Bonchev–Trinajstić information content (AvgIpc) is 2.99. The first-order chi connectivity index (χ1) is 10.4. The minimum absolute atomic E-state index is 0.269. The smallest absolute Gasteiger partial charge is 0.305 e. The van der Waals surface area contributed by atoms with Crippen LogP contribution in [0.3, 0.4) is 0 Å². The molecule has 5 nitrogen and oxygen atoms in total. The standard InChI is InChI=1S/C12H11F3N4O.C2H6/c1-2-7-4-3-5-10(16-7)17-11(20)8-6-9(19-18-8)12(13,14)15;1-2/h3-6H,2H2,1H3,(H,18,19)(H,16,17,20);1-2H3.